The molecule has 5 heterocycles. The third-order valence-corrected chi connectivity index (χ3v) is 4.58. The Morgan fingerprint density at radius 1 is 1.06 bits per heavy atom. The molecule has 0 aliphatic carbocycles. The molecule has 31 heavy (non-hydrogen) atoms. The molecule has 0 saturated heterocycles. The highest BCUT2D eigenvalue weighted by molar-refractivity contribution is 5.93. The molecule has 0 bridgehead atoms. The van der Waals surface area contributed by atoms with Crippen LogP contribution in [0.2, 0.25) is 0 Å². The molecule has 0 spiro atoms. The first-order valence-electron chi connectivity index (χ1n) is 9.33. The molecule has 2 N–H and O–H groups in total. The molecule has 0 fully saturated rings. The third kappa shape index (κ3) is 3.71. The summed E-state index contributed by atoms with van der Waals surface area (Å²) >= 11 is 0. The molecule has 5 rings (SSSR count). The van der Waals surface area contributed by atoms with Gasteiger partial charge in [-0.15, -0.1) is 0 Å². The van der Waals surface area contributed by atoms with Crippen LogP contribution in [-0.4, -0.2) is 46.0 Å². The maximum atomic E-state index is 12.7. The maximum Gasteiger partial charge on any atom is 0.270 e. The largest absolute Gasteiger partial charge is 0.358 e. The van der Waals surface area contributed by atoms with Gasteiger partial charge in [0.25, 0.3) is 5.91 Å². The van der Waals surface area contributed by atoms with E-state index in [4.69, 9.17) is 4.52 Å². The Morgan fingerprint density at radius 3 is 2.77 bits per heavy atom. The van der Waals surface area contributed by atoms with Crippen LogP contribution in [0.25, 0.3) is 33.9 Å². The second-order valence-corrected chi connectivity index (χ2v) is 6.68. The number of rotatable bonds is 5. The van der Waals surface area contributed by atoms with Gasteiger partial charge in [0.1, 0.15) is 29.6 Å². The molecule has 0 radical (unpaired) electrons. The van der Waals surface area contributed by atoms with Crippen molar-refractivity contribution < 1.29 is 9.32 Å². The minimum absolute atomic E-state index is 0.240. The van der Waals surface area contributed by atoms with Crippen LogP contribution in [0.15, 0.2) is 60.0 Å². The summed E-state index contributed by atoms with van der Waals surface area (Å²) in [5, 5.41) is 6.89. The van der Waals surface area contributed by atoms with Crippen LogP contribution >= 0.6 is 0 Å². The summed E-state index contributed by atoms with van der Waals surface area (Å²) in [7, 11) is 0. The van der Waals surface area contributed by atoms with Crippen molar-refractivity contribution in [2.45, 2.75) is 13.0 Å². The molecule has 0 aliphatic rings. The normalized spacial score (nSPS) is 12.0. The zero-order valence-corrected chi connectivity index (χ0v) is 16.2. The standard InChI is InChI=1S/C20H15N9O2/c1-11(17-7-14(29-31-17)19-27-16-8-22-9-25-18(16)28-19)26-20(30)15-6-13(23-10-24-15)12-2-4-21-5-3-12/h2-11H,1H3,(H,26,30)(H,22,25,27,28)/t11-/m1/s1. The van der Waals surface area contributed by atoms with E-state index in [2.05, 4.69) is 45.4 Å². The molecule has 1 atom stereocenters. The van der Waals surface area contributed by atoms with Gasteiger partial charge in [0.2, 0.25) is 0 Å². The number of carbonyl (C=O) groups is 1. The number of hydrogen-bond donors (Lipinski definition) is 2. The van der Waals surface area contributed by atoms with E-state index in [1.165, 1.54) is 12.7 Å². The number of aromatic amines is 1. The summed E-state index contributed by atoms with van der Waals surface area (Å²) in [6.45, 7) is 1.79. The van der Waals surface area contributed by atoms with Crippen molar-refractivity contribution in [1.82, 2.24) is 45.4 Å². The highest BCUT2D eigenvalue weighted by Gasteiger charge is 2.19. The SMILES string of the molecule is C[C@@H](NC(=O)c1cc(-c2ccncc2)ncn1)c1cc(-c2nc3ncncc3[nH]2)no1. The molecular formula is C20H15N9O2. The van der Waals surface area contributed by atoms with E-state index in [1.54, 1.807) is 37.6 Å². The van der Waals surface area contributed by atoms with E-state index >= 15 is 0 Å². The number of H-pyrrole nitrogens is 1. The van der Waals surface area contributed by atoms with Gasteiger partial charge >= 0.3 is 0 Å². The fraction of sp³-hybridized carbons (Fsp3) is 0.100. The molecule has 152 valence electrons. The molecule has 0 unspecified atom stereocenters. The highest BCUT2D eigenvalue weighted by Crippen LogP contribution is 2.22. The summed E-state index contributed by atoms with van der Waals surface area (Å²) in [5.41, 5.74) is 3.43. The van der Waals surface area contributed by atoms with Gasteiger partial charge in [0, 0.05) is 24.0 Å². The number of hydrogen-bond acceptors (Lipinski definition) is 9. The van der Waals surface area contributed by atoms with Gasteiger partial charge in [0.05, 0.1) is 17.9 Å². The molecule has 11 heteroatoms. The Morgan fingerprint density at radius 2 is 1.94 bits per heavy atom. The highest BCUT2D eigenvalue weighted by atomic mass is 16.5. The number of aromatic nitrogens is 8. The van der Waals surface area contributed by atoms with Crippen molar-refractivity contribution in [2.24, 2.45) is 0 Å². The number of fused-ring (bicyclic) bond motifs is 1. The van der Waals surface area contributed by atoms with Gasteiger partial charge in [0.15, 0.2) is 17.2 Å². The summed E-state index contributed by atoms with van der Waals surface area (Å²) in [6, 6.07) is 6.51. The van der Waals surface area contributed by atoms with Crippen molar-refractivity contribution in [3.63, 3.8) is 0 Å². The molecule has 5 aromatic heterocycles. The predicted octanol–water partition coefficient (Wildman–Crippen LogP) is 2.35. The van der Waals surface area contributed by atoms with Gasteiger partial charge in [-0.1, -0.05) is 5.16 Å². The summed E-state index contributed by atoms with van der Waals surface area (Å²) < 4.78 is 5.41. The van der Waals surface area contributed by atoms with Crippen LogP contribution in [0.5, 0.6) is 0 Å². The quantitative estimate of drug-likeness (QED) is 0.443. The van der Waals surface area contributed by atoms with Gasteiger partial charge in [-0.2, -0.15) is 0 Å². The Bertz CT molecular complexity index is 1330. The first kappa shape index (κ1) is 18.5. The number of pyridine rings is 1. The molecule has 0 saturated carbocycles. The zero-order chi connectivity index (χ0) is 21.2. The van der Waals surface area contributed by atoms with Crippen LogP contribution < -0.4 is 5.32 Å². The predicted molar refractivity (Wildman–Crippen MR) is 108 cm³/mol. The lowest BCUT2D eigenvalue weighted by Crippen LogP contribution is -2.27. The fourth-order valence-electron chi connectivity index (χ4n) is 2.99. The summed E-state index contributed by atoms with van der Waals surface area (Å²) in [4.78, 5) is 40.5. The van der Waals surface area contributed by atoms with Crippen molar-refractivity contribution in [2.75, 3.05) is 0 Å². The second kappa shape index (κ2) is 7.71. The van der Waals surface area contributed by atoms with Crippen molar-refractivity contribution >= 4 is 17.1 Å². The molecular weight excluding hydrogens is 398 g/mol. The van der Waals surface area contributed by atoms with E-state index in [1.807, 2.05) is 12.1 Å². The van der Waals surface area contributed by atoms with E-state index in [9.17, 15) is 4.79 Å². The van der Waals surface area contributed by atoms with E-state index in [0.29, 0.717) is 34.1 Å². The topological polar surface area (TPSA) is 148 Å². The van der Waals surface area contributed by atoms with Crippen LogP contribution in [0.1, 0.15) is 29.2 Å². The van der Waals surface area contributed by atoms with Crippen molar-refractivity contribution in [3.05, 3.63) is 67.0 Å². The number of imidazole rings is 1. The minimum atomic E-state index is -0.447. The Kier molecular flexibility index (Phi) is 4.60. The fourth-order valence-corrected chi connectivity index (χ4v) is 2.99. The van der Waals surface area contributed by atoms with Gasteiger partial charge < -0.3 is 14.8 Å². The number of carbonyl (C=O) groups excluding carboxylic acids is 1. The second-order valence-electron chi connectivity index (χ2n) is 6.68. The summed E-state index contributed by atoms with van der Waals surface area (Å²) in [6.07, 6.45) is 7.73. The number of nitrogens with one attached hydrogen (secondary N) is 2. The Labute approximate surface area is 175 Å². The summed E-state index contributed by atoms with van der Waals surface area (Å²) in [5.74, 6) is 0.613. The maximum absolute atomic E-state index is 12.7. The molecule has 0 aliphatic heterocycles. The zero-order valence-electron chi connectivity index (χ0n) is 16.2. The molecule has 1 amide bonds. The van der Waals surface area contributed by atoms with E-state index in [-0.39, 0.29) is 11.6 Å². The average Bonchev–Trinajstić information content (AvgIpc) is 3.47. The van der Waals surface area contributed by atoms with Gasteiger partial charge in [-0.25, -0.2) is 24.9 Å². The molecule has 5 aromatic rings. The Hall–Kier alpha value is -4.54. The minimum Gasteiger partial charge on any atom is -0.358 e. The number of amides is 1. The monoisotopic (exact) mass is 413 g/mol. The lowest BCUT2D eigenvalue weighted by Gasteiger charge is -2.10. The molecule has 0 aromatic carbocycles. The first-order valence-corrected chi connectivity index (χ1v) is 9.33. The lowest BCUT2D eigenvalue weighted by molar-refractivity contribution is 0.0928. The number of nitrogens with zero attached hydrogens (tertiary/aromatic N) is 7. The van der Waals surface area contributed by atoms with E-state index < -0.39 is 6.04 Å². The first-order chi connectivity index (χ1) is 15.2. The average molecular weight is 413 g/mol. The van der Waals surface area contributed by atoms with Crippen LogP contribution in [0.4, 0.5) is 0 Å². The smallest absolute Gasteiger partial charge is 0.270 e. The Balaban J connectivity index is 1.32. The molecule has 11 nitrogen and oxygen atoms in total. The van der Waals surface area contributed by atoms with Crippen molar-refractivity contribution in [3.8, 4) is 22.8 Å². The van der Waals surface area contributed by atoms with Crippen LogP contribution in [-0.2, 0) is 0 Å². The lowest BCUT2D eigenvalue weighted by atomic mass is 10.1. The van der Waals surface area contributed by atoms with Crippen LogP contribution in [0, 0.1) is 0 Å². The van der Waals surface area contributed by atoms with Gasteiger partial charge in [-0.3, -0.25) is 9.78 Å². The van der Waals surface area contributed by atoms with Crippen LogP contribution in [0.3, 0.4) is 0 Å². The third-order valence-electron chi connectivity index (χ3n) is 4.58. The van der Waals surface area contributed by atoms with Gasteiger partial charge in [-0.05, 0) is 25.1 Å². The van der Waals surface area contributed by atoms with Crippen molar-refractivity contribution in [1.29, 1.82) is 0 Å². The van der Waals surface area contributed by atoms with E-state index in [0.717, 1.165) is 5.56 Å².